The van der Waals surface area contributed by atoms with Gasteiger partial charge < -0.3 is 9.47 Å². The van der Waals surface area contributed by atoms with E-state index in [1.54, 1.807) is 12.5 Å². The molecule has 0 heterocycles. The number of rotatable bonds is 6. The van der Waals surface area contributed by atoms with Crippen molar-refractivity contribution in [2.24, 2.45) is 0 Å². The summed E-state index contributed by atoms with van der Waals surface area (Å²) in [6, 6.07) is 16.3. The fraction of sp³-hybridized carbons (Fsp3) is 0.158. The quantitative estimate of drug-likeness (QED) is 0.685. The molecule has 0 saturated carbocycles. The summed E-state index contributed by atoms with van der Waals surface area (Å²) < 4.78 is 10.8. The highest BCUT2D eigenvalue weighted by atomic mass is 16.5. The predicted octanol–water partition coefficient (Wildman–Crippen LogP) is 5.10. The summed E-state index contributed by atoms with van der Waals surface area (Å²) in [6.07, 6.45) is 7.99. The third kappa shape index (κ3) is 4.84. The first-order valence-corrected chi connectivity index (χ1v) is 7.05. The highest BCUT2D eigenvalue weighted by molar-refractivity contribution is 5.34. The molecule has 0 spiro atoms. The van der Waals surface area contributed by atoms with Crippen molar-refractivity contribution < 1.29 is 9.47 Å². The minimum Gasteiger partial charge on any atom is -0.465 e. The smallest absolute Gasteiger partial charge is 0.126 e. The van der Waals surface area contributed by atoms with Gasteiger partial charge in [-0.25, -0.2) is 0 Å². The third-order valence-electron chi connectivity index (χ3n) is 2.94. The molecule has 0 aliphatic carbocycles. The Morgan fingerprint density at radius 2 is 1.05 bits per heavy atom. The standard InChI is InChI=1S/C19H20O2/c1-3-13-20-18-9-5-16(6-10-18)15-17-7-11-19(12-8-17)21-14-4-2/h3-14H,15H2,1-2H3/b13-3+,14-4+. The van der Waals surface area contributed by atoms with Gasteiger partial charge in [-0.15, -0.1) is 0 Å². The molecular weight excluding hydrogens is 260 g/mol. The number of hydrogen-bond acceptors (Lipinski definition) is 2. The Hall–Kier alpha value is -2.48. The summed E-state index contributed by atoms with van der Waals surface area (Å²) in [4.78, 5) is 0. The van der Waals surface area contributed by atoms with Crippen molar-refractivity contribution in [1.29, 1.82) is 0 Å². The number of hydrogen-bond donors (Lipinski definition) is 0. The summed E-state index contributed by atoms with van der Waals surface area (Å²) >= 11 is 0. The number of allylic oxidation sites excluding steroid dienone is 2. The Kier molecular flexibility index (Phi) is 5.65. The van der Waals surface area contributed by atoms with Crippen LogP contribution < -0.4 is 9.47 Å². The lowest BCUT2D eigenvalue weighted by atomic mass is 10.0. The maximum Gasteiger partial charge on any atom is 0.126 e. The van der Waals surface area contributed by atoms with E-state index < -0.39 is 0 Å². The van der Waals surface area contributed by atoms with Crippen molar-refractivity contribution in [3.05, 3.63) is 84.3 Å². The Morgan fingerprint density at radius 3 is 1.38 bits per heavy atom. The Morgan fingerprint density at radius 1 is 0.667 bits per heavy atom. The van der Waals surface area contributed by atoms with Crippen LogP contribution in [-0.2, 0) is 6.42 Å². The average molecular weight is 280 g/mol. The van der Waals surface area contributed by atoms with Crippen LogP contribution in [0, 0.1) is 0 Å². The van der Waals surface area contributed by atoms with E-state index in [-0.39, 0.29) is 0 Å². The maximum absolute atomic E-state index is 5.41. The summed E-state index contributed by atoms with van der Waals surface area (Å²) in [6.45, 7) is 3.86. The zero-order chi connectivity index (χ0) is 14.9. The second-order valence-corrected chi connectivity index (χ2v) is 4.64. The van der Waals surface area contributed by atoms with E-state index in [9.17, 15) is 0 Å². The molecule has 0 bridgehead atoms. The first kappa shape index (κ1) is 14.9. The van der Waals surface area contributed by atoms with Crippen LogP contribution in [0.5, 0.6) is 11.5 Å². The molecule has 108 valence electrons. The van der Waals surface area contributed by atoms with Gasteiger partial charge in [0, 0.05) is 0 Å². The summed E-state index contributed by atoms with van der Waals surface area (Å²) in [5.74, 6) is 1.71. The van der Waals surface area contributed by atoms with E-state index in [1.165, 1.54) is 11.1 Å². The van der Waals surface area contributed by atoms with Crippen LogP contribution in [0.3, 0.4) is 0 Å². The van der Waals surface area contributed by atoms with E-state index in [2.05, 4.69) is 24.3 Å². The summed E-state index contributed by atoms with van der Waals surface area (Å²) in [5.41, 5.74) is 2.51. The first-order chi connectivity index (χ1) is 10.3. The molecular formula is C19H20O2. The van der Waals surface area contributed by atoms with Crippen molar-refractivity contribution >= 4 is 0 Å². The summed E-state index contributed by atoms with van der Waals surface area (Å²) in [7, 11) is 0. The molecule has 0 unspecified atom stereocenters. The van der Waals surface area contributed by atoms with Gasteiger partial charge in [-0.2, -0.15) is 0 Å². The third-order valence-corrected chi connectivity index (χ3v) is 2.94. The maximum atomic E-state index is 5.41. The van der Waals surface area contributed by atoms with Gasteiger partial charge in [0.25, 0.3) is 0 Å². The SMILES string of the molecule is C/C=C/Oc1ccc(Cc2ccc(O/C=C/C)cc2)cc1. The van der Waals surface area contributed by atoms with Crippen LogP contribution >= 0.6 is 0 Å². The lowest BCUT2D eigenvalue weighted by Gasteiger charge is -2.05. The van der Waals surface area contributed by atoms with Gasteiger partial charge in [0.05, 0.1) is 12.5 Å². The molecule has 0 N–H and O–H groups in total. The molecule has 0 fully saturated rings. The van der Waals surface area contributed by atoms with E-state index in [1.807, 2.05) is 50.3 Å². The van der Waals surface area contributed by atoms with Gasteiger partial charge in [-0.1, -0.05) is 36.4 Å². The van der Waals surface area contributed by atoms with Crippen LogP contribution in [0.4, 0.5) is 0 Å². The predicted molar refractivity (Wildman–Crippen MR) is 86.6 cm³/mol. The van der Waals surface area contributed by atoms with Gasteiger partial charge in [-0.05, 0) is 55.7 Å². The van der Waals surface area contributed by atoms with E-state index in [4.69, 9.17) is 9.47 Å². The topological polar surface area (TPSA) is 18.5 Å². The minimum absolute atomic E-state index is 0.854. The first-order valence-electron chi connectivity index (χ1n) is 7.05. The van der Waals surface area contributed by atoms with E-state index in [0.717, 1.165) is 17.9 Å². The van der Waals surface area contributed by atoms with Crippen molar-refractivity contribution in [2.45, 2.75) is 20.3 Å². The summed E-state index contributed by atoms with van der Waals surface area (Å²) in [5, 5.41) is 0. The molecule has 0 radical (unpaired) electrons. The molecule has 0 saturated heterocycles. The zero-order valence-electron chi connectivity index (χ0n) is 12.5. The average Bonchev–Trinajstić information content (AvgIpc) is 2.53. The second-order valence-electron chi connectivity index (χ2n) is 4.64. The minimum atomic E-state index is 0.854. The molecule has 0 aliphatic rings. The molecule has 2 rings (SSSR count). The molecule has 2 heteroatoms. The van der Waals surface area contributed by atoms with Crippen LogP contribution in [0.15, 0.2) is 73.2 Å². The molecule has 0 aromatic heterocycles. The van der Waals surface area contributed by atoms with Gasteiger partial charge in [0.2, 0.25) is 0 Å². The lowest BCUT2D eigenvalue weighted by molar-refractivity contribution is 0.480. The zero-order valence-corrected chi connectivity index (χ0v) is 12.5. The van der Waals surface area contributed by atoms with Crippen LogP contribution in [-0.4, -0.2) is 0 Å². The Labute approximate surface area is 126 Å². The van der Waals surface area contributed by atoms with Crippen molar-refractivity contribution in [3.8, 4) is 11.5 Å². The number of benzene rings is 2. The van der Waals surface area contributed by atoms with Crippen LogP contribution in [0.1, 0.15) is 25.0 Å². The second kappa shape index (κ2) is 7.95. The lowest BCUT2D eigenvalue weighted by Crippen LogP contribution is -1.89. The number of ether oxygens (including phenoxy) is 2. The molecule has 2 nitrogen and oxygen atoms in total. The molecule has 2 aromatic carbocycles. The van der Waals surface area contributed by atoms with Crippen molar-refractivity contribution in [2.75, 3.05) is 0 Å². The van der Waals surface area contributed by atoms with Gasteiger partial charge in [0.15, 0.2) is 0 Å². The Balaban J connectivity index is 1.97. The monoisotopic (exact) mass is 280 g/mol. The molecule has 0 amide bonds. The molecule has 21 heavy (non-hydrogen) atoms. The largest absolute Gasteiger partial charge is 0.465 e. The normalized spacial score (nSPS) is 11.1. The van der Waals surface area contributed by atoms with E-state index in [0.29, 0.717) is 0 Å². The molecule has 2 aromatic rings. The highest BCUT2D eigenvalue weighted by Gasteiger charge is 1.98. The Bertz CT molecular complexity index is 537. The van der Waals surface area contributed by atoms with Crippen LogP contribution in [0.25, 0.3) is 0 Å². The van der Waals surface area contributed by atoms with Gasteiger partial charge in [-0.3, -0.25) is 0 Å². The van der Waals surface area contributed by atoms with Crippen LogP contribution in [0.2, 0.25) is 0 Å². The highest BCUT2D eigenvalue weighted by Crippen LogP contribution is 2.18. The fourth-order valence-corrected chi connectivity index (χ4v) is 1.90. The molecule has 0 aliphatic heterocycles. The van der Waals surface area contributed by atoms with Gasteiger partial charge >= 0.3 is 0 Å². The van der Waals surface area contributed by atoms with Crippen molar-refractivity contribution in [1.82, 2.24) is 0 Å². The van der Waals surface area contributed by atoms with E-state index >= 15 is 0 Å². The fourth-order valence-electron chi connectivity index (χ4n) is 1.90. The van der Waals surface area contributed by atoms with Crippen molar-refractivity contribution in [3.63, 3.8) is 0 Å². The van der Waals surface area contributed by atoms with Gasteiger partial charge in [0.1, 0.15) is 11.5 Å². The molecule has 0 atom stereocenters.